The molecule has 1 aromatic rings. The van der Waals surface area contributed by atoms with Gasteiger partial charge in [0.1, 0.15) is 6.04 Å². The number of aliphatic carboxylic acids is 1. The van der Waals surface area contributed by atoms with Crippen LogP contribution in [0.5, 0.6) is 0 Å². The van der Waals surface area contributed by atoms with Crippen molar-refractivity contribution in [1.29, 1.82) is 0 Å². The third kappa shape index (κ3) is 3.90. The van der Waals surface area contributed by atoms with Gasteiger partial charge in [-0.3, -0.25) is 4.79 Å². The molecule has 0 spiro atoms. The topological polar surface area (TPSA) is 92.4 Å². The predicted octanol–water partition coefficient (Wildman–Crippen LogP) is 1.21. The van der Waals surface area contributed by atoms with Crippen molar-refractivity contribution in [3.05, 3.63) is 17.5 Å². The number of carbonyl (C=O) groups excluding carboxylic acids is 1. The van der Waals surface area contributed by atoms with E-state index in [-0.39, 0.29) is 11.7 Å². The Labute approximate surface area is 99.0 Å². The summed E-state index contributed by atoms with van der Waals surface area (Å²) in [7, 11) is 0. The zero-order chi connectivity index (χ0) is 13.0. The molecule has 6 nitrogen and oxygen atoms in total. The zero-order valence-electron chi connectivity index (χ0n) is 10.1. The van der Waals surface area contributed by atoms with Gasteiger partial charge in [-0.15, -0.1) is 0 Å². The third-order valence-electron chi connectivity index (χ3n) is 2.16. The molecule has 0 saturated heterocycles. The first-order valence-electron chi connectivity index (χ1n) is 5.37. The number of aromatic nitrogens is 1. The standard InChI is InChI=1S/C11H16N2O4/c1-6(2)4-8(11(15)16)12-10(14)9-5-7(3)13-17-9/h5-6,8H,4H2,1-3H3,(H,12,14)(H,15,16). The predicted molar refractivity (Wildman–Crippen MR) is 59.6 cm³/mol. The van der Waals surface area contributed by atoms with Crippen LogP contribution >= 0.6 is 0 Å². The molecule has 1 rings (SSSR count). The van der Waals surface area contributed by atoms with Crippen LogP contribution < -0.4 is 5.32 Å². The molecule has 1 unspecified atom stereocenters. The first-order valence-corrected chi connectivity index (χ1v) is 5.37. The van der Waals surface area contributed by atoms with Crippen molar-refractivity contribution >= 4 is 11.9 Å². The summed E-state index contributed by atoms with van der Waals surface area (Å²) in [5, 5.41) is 14.9. The number of hydrogen-bond donors (Lipinski definition) is 2. The number of rotatable bonds is 5. The molecule has 0 aromatic carbocycles. The maximum Gasteiger partial charge on any atom is 0.326 e. The summed E-state index contributed by atoms with van der Waals surface area (Å²) in [5.41, 5.74) is 0.575. The van der Waals surface area contributed by atoms with E-state index in [0.717, 1.165) is 0 Å². The number of hydrogen-bond acceptors (Lipinski definition) is 4. The lowest BCUT2D eigenvalue weighted by molar-refractivity contribution is -0.139. The van der Waals surface area contributed by atoms with Gasteiger partial charge in [-0.25, -0.2) is 4.79 Å². The second-order valence-corrected chi connectivity index (χ2v) is 4.33. The summed E-state index contributed by atoms with van der Waals surface area (Å²) in [6, 6.07) is 0.553. The Morgan fingerprint density at radius 2 is 2.18 bits per heavy atom. The van der Waals surface area contributed by atoms with Gasteiger partial charge in [-0.1, -0.05) is 19.0 Å². The van der Waals surface area contributed by atoms with Gasteiger partial charge >= 0.3 is 5.97 Å². The Balaban J connectivity index is 2.67. The van der Waals surface area contributed by atoms with Gasteiger partial charge in [0.2, 0.25) is 5.76 Å². The van der Waals surface area contributed by atoms with Gasteiger partial charge in [0.05, 0.1) is 5.69 Å². The highest BCUT2D eigenvalue weighted by Crippen LogP contribution is 2.07. The average Bonchev–Trinajstić information content (AvgIpc) is 2.63. The lowest BCUT2D eigenvalue weighted by Gasteiger charge is -2.15. The van der Waals surface area contributed by atoms with Crippen molar-refractivity contribution < 1.29 is 19.2 Å². The number of nitrogens with zero attached hydrogens (tertiary/aromatic N) is 1. The monoisotopic (exact) mass is 240 g/mol. The molecular formula is C11H16N2O4. The van der Waals surface area contributed by atoms with Gasteiger partial charge < -0.3 is 14.9 Å². The maximum absolute atomic E-state index is 11.6. The lowest BCUT2D eigenvalue weighted by atomic mass is 10.0. The minimum Gasteiger partial charge on any atom is -0.480 e. The molecule has 0 radical (unpaired) electrons. The molecule has 94 valence electrons. The smallest absolute Gasteiger partial charge is 0.326 e. The van der Waals surface area contributed by atoms with E-state index in [1.54, 1.807) is 6.92 Å². The summed E-state index contributed by atoms with van der Waals surface area (Å²) in [4.78, 5) is 22.6. The maximum atomic E-state index is 11.6. The fourth-order valence-electron chi connectivity index (χ4n) is 1.39. The molecule has 1 heterocycles. The minimum atomic E-state index is -1.05. The highest BCUT2D eigenvalue weighted by atomic mass is 16.5. The van der Waals surface area contributed by atoms with Crippen LogP contribution in [0.2, 0.25) is 0 Å². The van der Waals surface area contributed by atoms with Crippen molar-refractivity contribution in [2.24, 2.45) is 5.92 Å². The van der Waals surface area contributed by atoms with Gasteiger partial charge in [0.15, 0.2) is 0 Å². The lowest BCUT2D eigenvalue weighted by Crippen LogP contribution is -2.41. The molecule has 0 fully saturated rings. The summed E-state index contributed by atoms with van der Waals surface area (Å²) in [6.07, 6.45) is 0.369. The van der Waals surface area contributed by atoms with Gasteiger partial charge in [-0.05, 0) is 19.3 Å². The van der Waals surface area contributed by atoms with Crippen LogP contribution in [0.3, 0.4) is 0 Å². The molecule has 17 heavy (non-hydrogen) atoms. The van der Waals surface area contributed by atoms with E-state index in [4.69, 9.17) is 9.63 Å². The van der Waals surface area contributed by atoms with Crippen LogP contribution in [0.4, 0.5) is 0 Å². The third-order valence-corrected chi connectivity index (χ3v) is 2.16. The summed E-state index contributed by atoms with van der Waals surface area (Å²) in [5.74, 6) is -1.41. The van der Waals surface area contributed by atoms with E-state index in [0.29, 0.717) is 12.1 Å². The number of carboxylic acid groups (broad SMARTS) is 1. The highest BCUT2D eigenvalue weighted by Gasteiger charge is 2.23. The largest absolute Gasteiger partial charge is 0.480 e. The second kappa shape index (κ2) is 5.47. The first kappa shape index (κ1) is 13.2. The Bertz CT molecular complexity index is 411. The van der Waals surface area contributed by atoms with Crippen LogP contribution in [0.1, 0.15) is 36.5 Å². The number of aryl methyl sites for hydroxylation is 1. The van der Waals surface area contributed by atoms with E-state index >= 15 is 0 Å². The van der Waals surface area contributed by atoms with Crippen LogP contribution in [0, 0.1) is 12.8 Å². The molecule has 1 amide bonds. The second-order valence-electron chi connectivity index (χ2n) is 4.33. The molecule has 1 aromatic heterocycles. The van der Waals surface area contributed by atoms with Crippen LogP contribution in [-0.4, -0.2) is 28.2 Å². The summed E-state index contributed by atoms with van der Waals surface area (Å²) < 4.78 is 4.76. The fraction of sp³-hybridized carbons (Fsp3) is 0.545. The molecule has 0 aliphatic rings. The normalized spacial score (nSPS) is 12.5. The van der Waals surface area contributed by atoms with Gasteiger partial charge in [0.25, 0.3) is 5.91 Å². The molecule has 6 heteroatoms. The van der Waals surface area contributed by atoms with Gasteiger partial charge in [0, 0.05) is 6.07 Å². The van der Waals surface area contributed by atoms with E-state index in [2.05, 4.69) is 10.5 Å². The number of nitrogens with one attached hydrogen (secondary N) is 1. The Morgan fingerprint density at radius 1 is 1.53 bits per heavy atom. The Morgan fingerprint density at radius 3 is 2.59 bits per heavy atom. The SMILES string of the molecule is Cc1cc(C(=O)NC(CC(C)C)C(=O)O)on1. The van der Waals surface area contributed by atoms with Crippen molar-refractivity contribution in [3.8, 4) is 0 Å². The molecular weight excluding hydrogens is 224 g/mol. The molecule has 1 atom stereocenters. The minimum absolute atomic E-state index is 0.0255. The van der Waals surface area contributed by atoms with E-state index in [9.17, 15) is 9.59 Å². The molecule has 0 bridgehead atoms. The Hall–Kier alpha value is -1.85. The fourth-order valence-corrected chi connectivity index (χ4v) is 1.39. The molecule has 0 aliphatic carbocycles. The van der Waals surface area contributed by atoms with Crippen molar-refractivity contribution in [3.63, 3.8) is 0 Å². The first-order chi connectivity index (χ1) is 7.90. The highest BCUT2D eigenvalue weighted by molar-refractivity contribution is 5.94. The Kier molecular flexibility index (Phi) is 4.25. The van der Waals surface area contributed by atoms with Crippen molar-refractivity contribution in [1.82, 2.24) is 10.5 Å². The van der Waals surface area contributed by atoms with Crippen LogP contribution in [0.25, 0.3) is 0 Å². The summed E-state index contributed by atoms with van der Waals surface area (Å²) in [6.45, 7) is 5.46. The molecule has 2 N–H and O–H groups in total. The quantitative estimate of drug-likeness (QED) is 0.807. The van der Waals surface area contributed by atoms with E-state index in [1.165, 1.54) is 6.07 Å². The molecule has 0 saturated carbocycles. The van der Waals surface area contributed by atoms with E-state index < -0.39 is 17.9 Å². The number of amides is 1. The number of carbonyl (C=O) groups is 2. The van der Waals surface area contributed by atoms with Crippen molar-refractivity contribution in [2.75, 3.05) is 0 Å². The van der Waals surface area contributed by atoms with Crippen LogP contribution in [0.15, 0.2) is 10.6 Å². The molecule has 0 aliphatic heterocycles. The van der Waals surface area contributed by atoms with Gasteiger partial charge in [-0.2, -0.15) is 0 Å². The van der Waals surface area contributed by atoms with Crippen molar-refractivity contribution in [2.45, 2.75) is 33.2 Å². The van der Waals surface area contributed by atoms with Crippen LogP contribution in [-0.2, 0) is 4.79 Å². The summed E-state index contributed by atoms with van der Waals surface area (Å²) >= 11 is 0. The van der Waals surface area contributed by atoms with E-state index in [1.807, 2.05) is 13.8 Å². The number of carboxylic acids is 1. The zero-order valence-corrected chi connectivity index (χ0v) is 10.1. The average molecular weight is 240 g/mol.